The summed E-state index contributed by atoms with van der Waals surface area (Å²) in [7, 11) is 0. The second kappa shape index (κ2) is 4.59. The summed E-state index contributed by atoms with van der Waals surface area (Å²) in [6.45, 7) is 1.71. The molecular weight excluding hydrogens is 250 g/mol. The van der Waals surface area contributed by atoms with Crippen molar-refractivity contribution >= 4 is 17.5 Å². The second-order valence-corrected chi connectivity index (χ2v) is 5.97. The number of amides is 1. The number of likely N-dealkylation sites (tertiary alicyclic amines) is 1. The highest BCUT2D eigenvalue weighted by Gasteiger charge is 2.38. The van der Waals surface area contributed by atoms with Crippen LogP contribution < -0.4 is 5.73 Å². The molecule has 1 aliphatic heterocycles. The van der Waals surface area contributed by atoms with Gasteiger partial charge in [-0.3, -0.25) is 4.79 Å². The maximum atomic E-state index is 12.3. The van der Waals surface area contributed by atoms with Crippen molar-refractivity contribution in [1.82, 2.24) is 9.88 Å². The van der Waals surface area contributed by atoms with Crippen LogP contribution in [0.1, 0.15) is 29.8 Å². The minimum Gasteiger partial charge on any atom is -0.356 e. The molecule has 18 heavy (non-hydrogen) atoms. The fourth-order valence-corrected chi connectivity index (χ4v) is 3.46. The van der Waals surface area contributed by atoms with E-state index in [4.69, 9.17) is 17.3 Å². The van der Waals surface area contributed by atoms with Crippen molar-refractivity contribution in [3.8, 4) is 0 Å². The van der Waals surface area contributed by atoms with E-state index in [1.165, 1.54) is 0 Å². The molecule has 3 N–H and O–H groups in total. The van der Waals surface area contributed by atoms with Crippen molar-refractivity contribution < 1.29 is 4.79 Å². The van der Waals surface area contributed by atoms with Gasteiger partial charge in [0.1, 0.15) is 5.69 Å². The average Bonchev–Trinajstić information content (AvgIpc) is 2.93. The Morgan fingerprint density at radius 3 is 2.89 bits per heavy atom. The van der Waals surface area contributed by atoms with Crippen LogP contribution in [-0.4, -0.2) is 34.9 Å². The maximum Gasteiger partial charge on any atom is 0.270 e. The van der Waals surface area contributed by atoms with E-state index in [1.807, 2.05) is 4.90 Å². The van der Waals surface area contributed by atoms with Gasteiger partial charge in [0.05, 0.1) is 5.02 Å². The number of nitrogens with zero attached hydrogens (tertiary/aromatic N) is 1. The molecule has 3 atom stereocenters. The van der Waals surface area contributed by atoms with E-state index >= 15 is 0 Å². The van der Waals surface area contributed by atoms with Gasteiger partial charge in [-0.15, -0.1) is 0 Å². The van der Waals surface area contributed by atoms with Crippen LogP contribution in [0.4, 0.5) is 0 Å². The topological polar surface area (TPSA) is 62.1 Å². The number of H-pyrrole nitrogens is 1. The molecule has 3 rings (SSSR count). The van der Waals surface area contributed by atoms with Crippen molar-refractivity contribution in [2.45, 2.75) is 25.3 Å². The summed E-state index contributed by atoms with van der Waals surface area (Å²) in [6.07, 6.45) is 4.95. The summed E-state index contributed by atoms with van der Waals surface area (Å²) in [4.78, 5) is 17.2. The highest BCUT2D eigenvalue weighted by Crippen LogP contribution is 2.36. The Kier molecular flexibility index (Phi) is 3.08. The Balaban J connectivity index is 1.70. The van der Waals surface area contributed by atoms with Crippen molar-refractivity contribution in [3.05, 3.63) is 23.0 Å². The fourth-order valence-electron chi connectivity index (χ4n) is 3.30. The lowest BCUT2D eigenvalue weighted by Gasteiger charge is -2.27. The first-order chi connectivity index (χ1) is 8.63. The third-order valence-electron chi connectivity index (χ3n) is 4.26. The number of hydrogen-bond acceptors (Lipinski definition) is 2. The highest BCUT2D eigenvalue weighted by atomic mass is 35.5. The molecule has 1 saturated carbocycles. The maximum absolute atomic E-state index is 12.3. The van der Waals surface area contributed by atoms with Crippen LogP contribution in [0.25, 0.3) is 0 Å². The lowest BCUT2D eigenvalue weighted by molar-refractivity contribution is 0.0779. The van der Waals surface area contributed by atoms with Gasteiger partial charge in [-0.1, -0.05) is 11.6 Å². The zero-order chi connectivity index (χ0) is 12.7. The number of aromatic amines is 1. The monoisotopic (exact) mass is 267 g/mol. The number of halogens is 1. The predicted octanol–water partition coefficient (Wildman–Crippen LogP) is 1.87. The summed E-state index contributed by atoms with van der Waals surface area (Å²) < 4.78 is 0. The summed E-state index contributed by atoms with van der Waals surface area (Å²) >= 11 is 5.83. The quantitative estimate of drug-likeness (QED) is 0.816. The molecule has 1 aromatic rings. The zero-order valence-corrected chi connectivity index (χ0v) is 11.0. The third-order valence-corrected chi connectivity index (χ3v) is 4.47. The number of carbonyl (C=O) groups is 1. The number of hydrogen-bond donors (Lipinski definition) is 2. The molecule has 0 aromatic carbocycles. The SMILES string of the molecule is NC1CC[C@@H]2CN(C(=O)c3cc(Cl)c[nH]3)C[C@@H]2C1. The van der Waals surface area contributed by atoms with Gasteiger partial charge >= 0.3 is 0 Å². The molecule has 0 bridgehead atoms. The molecule has 5 heteroatoms. The van der Waals surface area contributed by atoms with Gasteiger partial charge in [-0.25, -0.2) is 0 Å². The van der Waals surface area contributed by atoms with Crippen LogP contribution in [0.5, 0.6) is 0 Å². The molecule has 1 aliphatic carbocycles. The smallest absolute Gasteiger partial charge is 0.270 e. The zero-order valence-electron chi connectivity index (χ0n) is 10.2. The third kappa shape index (κ3) is 2.15. The number of fused-ring (bicyclic) bond motifs is 1. The lowest BCUT2D eigenvalue weighted by atomic mass is 9.79. The molecule has 1 aromatic heterocycles. The van der Waals surface area contributed by atoms with Crippen LogP contribution in [0.2, 0.25) is 5.02 Å². The number of carbonyl (C=O) groups excluding carboxylic acids is 1. The first-order valence-electron chi connectivity index (χ1n) is 6.52. The molecule has 0 spiro atoms. The van der Waals surface area contributed by atoms with Gasteiger partial charge in [0.15, 0.2) is 0 Å². The second-order valence-electron chi connectivity index (χ2n) is 5.53. The Morgan fingerprint density at radius 2 is 2.17 bits per heavy atom. The largest absolute Gasteiger partial charge is 0.356 e. The number of aromatic nitrogens is 1. The van der Waals surface area contributed by atoms with Crippen molar-refractivity contribution in [1.29, 1.82) is 0 Å². The van der Waals surface area contributed by atoms with E-state index in [2.05, 4.69) is 4.98 Å². The van der Waals surface area contributed by atoms with Crippen LogP contribution in [0.3, 0.4) is 0 Å². The van der Waals surface area contributed by atoms with Crippen LogP contribution in [0.15, 0.2) is 12.3 Å². The standard InChI is InChI=1S/C13H18ClN3O/c14-10-4-12(16-5-10)13(18)17-6-8-1-2-11(15)3-9(8)7-17/h4-5,8-9,11,16H,1-3,6-7,15H2/t8-,9+,11?/m1/s1. The Morgan fingerprint density at radius 1 is 1.39 bits per heavy atom. The van der Waals surface area contributed by atoms with Crippen LogP contribution in [0, 0.1) is 11.8 Å². The normalized spacial score (nSPS) is 31.4. The van der Waals surface area contributed by atoms with Gasteiger partial charge in [0.2, 0.25) is 0 Å². The molecule has 1 saturated heterocycles. The minimum absolute atomic E-state index is 0.0601. The molecule has 2 fully saturated rings. The predicted molar refractivity (Wildman–Crippen MR) is 70.5 cm³/mol. The fraction of sp³-hybridized carbons (Fsp3) is 0.615. The van der Waals surface area contributed by atoms with E-state index in [9.17, 15) is 4.79 Å². The van der Waals surface area contributed by atoms with Gasteiger partial charge in [-0.2, -0.15) is 0 Å². The summed E-state index contributed by atoms with van der Waals surface area (Å²) in [6, 6.07) is 2.01. The van der Waals surface area contributed by atoms with E-state index in [0.717, 1.165) is 32.4 Å². The molecule has 1 unspecified atom stereocenters. The molecule has 4 nitrogen and oxygen atoms in total. The number of nitrogens with two attached hydrogens (primary N) is 1. The van der Waals surface area contributed by atoms with Gasteiger partial charge in [0.25, 0.3) is 5.91 Å². The van der Waals surface area contributed by atoms with Crippen LogP contribution in [-0.2, 0) is 0 Å². The lowest BCUT2D eigenvalue weighted by Crippen LogP contribution is -2.32. The van der Waals surface area contributed by atoms with E-state index in [0.29, 0.717) is 28.6 Å². The number of rotatable bonds is 1. The Bertz CT molecular complexity index is 459. The van der Waals surface area contributed by atoms with Crippen molar-refractivity contribution in [2.75, 3.05) is 13.1 Å². The Hall–Kier alpha value is -1.00. The van der Waals surface area contributed by atoms with Crippen molar-refractivity contribution in [2.24, 2.45) is 17.6 Å². The Labute approximate surface area is 111 Å². The molecule has 0 radical (unpaired) electrons. The van der Waals surface area contributed by atoms with Gasteiger partial charge in [0, 0.05) is 25.3 Å². The van der Waals surface area contributed by atoms with Crippen molar-refractivity contribution in [3.63, 3.8) is 0 Å². The molecule has 1 amide bonds. The first kappa shape index (κ1) is 12.1. The molecule has 98 valence electrons. The first-order valence-corrected chi connectivity index (χ1v) is 6.90. The number of nitrogens with one attached hydrogen (secondary N) is 1. The van der Waals surface area contributed by atoms with Crippen LogP contribution >= 0.6 is 11.6 Å². The molecule has 2 aliphatic rings. The molecular formula is C13H18ClN3O. The van der Waals surface area contributed by atoms with Gasteiger partial charge in [-0.05, 0) is 37.2 Å². The molecule has 2 heterocycles. The van der Waals surface area contributed by atoms with Gasteiger partial charge < -0.3 is 15.6 Å². The minimum atomic E-state index is 0.0601. The average molecular weight is 268 g/mol. The van der Waals surface area contributed by atoms with E-state index < -0.39 is 0 Å². The summed E-state index contributed by atoms with van der Waals surface area (Å²) in [5.41, 5.74) is 6.59. The summed E-state index contributed by atoms with van der Waals surface area (Å²) in [5, 5.41) is 0.581. The highest BCUT2D eigenvalue weighted by molar-refractivity contribution is 6.30. The van der Waals surface area contributed by atoms with E-state index in [1.54, 1.807) is 12.3 Å². The summed E-state index contributed by atoms with van der Waals surface area (Å²) in [5.74, 6) is 1.28. The van der Waals surface area contributed by atoms with E-state index in [-0.39, 0.29) is 5.91 Å².